The summed E-state index contributed by atoms with van der Waals surface area (Å²) >= 11 is 2.70. The number of aromatic nitrogens is 4. The topological polar surface area (TPSA) is 88.9 Å². The standard InChI is InChI=1S/C12H14N4O2S2/c1-3-8-9(4-2)15-16-11(14-8)20-12-13-7(6-19-12)5-10(17)18/h6H,3-5H2,1-2H3,(H,17,18). The van der Waals surface area contributed by atoms with Crippen LogP contribution in [0.3, 0.4) is 0 Å². The predicted molar refractivity (Wildman–Crippen MR) is 76.2 cm³/mol. The van der Waals surface area contributed by atoms with E-state index in [4.69, 9.17) is 5.11 Å². The Bertz CT molecular complexity index is 615. The quantitative estimate of drug-likeness (QED) is 0.875. The van der Waals surface area contributed by atoms with E-state index >= 15 is 0 Å². The third-order valence-electron chi connectivity index (χ3n) is 2.53. The van der Waals surface area contributed by atoms with Crippen molar-refractivity contribution in [2.45, 2.75) is 42.6 Å². The molecule has 6 nitrogen and oxygen atoms in total. The molecular weight excluding hydrogens is 296 g/mol. The second-order valence-electron chi connectivity index (χ2n) is 3.97. The minimum atomic E-state index is -0.884. The number of carboxylic acids is 1. The molecule has 0 aliphatic heterocycles. The van der Waals surface area contributed by atoms with Crippen molar-refractivity contribution in [3.63, 3.8) is 0 Å². The smallest absolute Gasteiger partial charge is 0.309 e. The van der Waals surface area contributed by atoms with Gasteiger partial charge >= 0.3 is 5.97 Å². The lowest BCUT2D eigenvalue weighted by Crippen LogP contribution is -2.03. The van der Waals surface area contributed by atoms with Gasteiger partial charge in [0.1, 0.15) is 0 Å². The first-order chi connectivity index (χ1) is 9.62. The maximum atomic E-state index is 10.6. The summed E-state index contributed by atoms with van der Waals surface area (Å²) in [5, 5.41) is 19.3. The number of thiazole rings is 1. The summed E-state index contributed by atoms with van der Waals surface area (Å²) in [5.41, 5.74) is 2.42. The van der Waals surface area contributed by atoms with E-state index in [1.54, 1.807) is 5.38 Å². The van der Waals surface area contributed by atoms with Gasteiger partial charge in [-0.15, -0.1) is 16.4 Å². The van der Waals surface area contributed by atoms with E-state index < -0.39 is 5.97 Å². The van der Waals surface area contributed by atoms with E-state index in [2.05, 4.69) is 20.2 Å². The van der Waals surface area contributed by atoms with E-state index in [1.165, 1.54) is 23.1 Å². The second-order valence-corrected chi connectivity index (χ2v) is 6.04. The van der Waals surface area contributed by atoms with Gasteiger partial charge in [-0.3, -0.25) is 4.79 Å². The lowest BCUT2D eigenvalue weighted by atomic mass is 10.2. The van der Waals surface area contributed by atoms with Crippen molar-refractivity contribution in [1.29, 1.82) is 0 Å². The van der Waals surface area contributed by atoms with Crippen LogP contribution in [0, 0.1) is 0 Å². The maximum Gasteiger partial charge on any atom is 0.309 e. The van der Waals surface area contributed by atoms with Crippen LogP contribution in [0.5, 0.6) is 0 Å². The molecule has 0 amide bonds. The van der Waals surface area contributed by atoms with Crippen LogP contribution in [0.25, 0.3) is 0 Å². The zero-order valence-corrected chi connectivity index (χ0v) is 12.8. The van der Waals surface area contributed by atoms with Gasteiger partial charge in [-0.25, -0.2) is 9.97 Å². The fourth-order valence-corrected chi connectivity index (χ4v) is 3.27. The summed E-state index contributed by atoms with van der Waals surface area (Å²) in [7, 11) is 0. The first-order valence-corrected chi connectivity index (χ1v) is 7.88. The van der Waals surface area contributed by atoms with Crippen molar-refractivity contribution in [3.8, 4) is 0 Å². The van der Waals surface area contributed by atoms with Gasteiger partial charge in [0.15, 0.2) is 4.34 Å². The summed E-state index contributed by atoms with van der Waals surface area (Å²) in [6.45, 7) is 4.06. The van der Waals surface area contributed by atoms with Crippen molar-refractivity contribution in [2.24, 2.45) is 0 Å². The van der Waals surface area contributed by atoms with Gasteiger partial charge in [0.2, 0.25) is 5.16 Å². The van der Waals surface area contributed by atoms with Crippen molar-refractivity contribution in [2.75, 3.05) is 0 Å². The fraction of sp³-hybridized carbons (Fsp3) is 0.417. The molecule has 2 rings (SSSR count). The molecule has 2 heterocycles. The van der Waals surface area contributed by atoms with Crippen LogP contribution in [0.2, 0.25) is 0 Å². The molecule has 2 aromatic heterocycles. The molecule has 0 spiro atoms. The number of aliphatic carboxylic acids is 1. The van der Waals surface area contributed by atoms with Crippen molar-refractivity contribution in [3.05, 3.63) is 22.5 Å². The Balaban J connectivity index is 2.13. The third kappa shape index (κ3) is 3.73. The lowest BCUT2D eigenvalue weighted by molar-refractivity contribution is -0.136. The molecule has 0 unspecified atom stereocenters. The monoisotopic (exact) mass is 310 g/mol. The highest BCUT2D eigenvalue weighted by Crippen LogP contribution is 2.28. The Morgan fingerprint density at radius 3 is 2.65 bits per heavy atom. The largest absolute Gasteiger partial charge is 0.481 e. The third-order valence-corrected chi connectivity index (χ3v) is 4.37. The summed E-state index contributed by atoms with van der Waals surface area (Å²) in [6, 6.07) is 0. The number of rotatable bonds is 6. The van der Waals surface area contributed by atoms with Crippen LogP contribution in [0.15, 0.2) is 14.9 Å². The molecule has 2 aromatic rings. The Kier molecular flexibility index (Phi) is 5.02. The molecule has 106 valence electrons. The van der Waals surface area contributed by atoms with Gasteiger partial charge in [0.05, 0.1) is 23.5 Å². The molecule has 0 aliphatic rings. The van der Waals surface area contributed by atoms with Crippen molar-refractivity contribution < 1.29 is 9.90 Å². The molecule has 0 saturated heterocycles. The fourth-order valence-electron chi connectivity index (χ4n) is 1.61. The highest BCUT2D eigenvalue weighted by Gasteiger charge is 2.11. The van der Waals surface area contributed by atoms with Gasteiger partial charge in [0.25, 0.3) is 0 Å². The molecule has 0 atom stereocenters. The Morgan fingerprint density at radius 1 is 1.25 bits per heavy atom. The number of aryl methyl sites for hydroxylation is 2. The van der Waals surface area contributed by atoms with Crippen molar-refractivity contribution in [1.82, 2.24) is 20.2 Å². The molecule has 8 heteroatoms. The van der Waals surface area contributed by atoms with Crippen LogP contribution in [0.1, 0.15) is 30.9 Å². The van der Waals surface area contributed by atoms with Crippen LogP contribution >= 0.6 is 23.1 Å². The molecule has 1 N–H and O–H groups in total. The minimum absolute atomic E-state index is 0.0643. The highest BCUT2D eigenvalue weighted by atomic mass is 32.2. The van der Waals surface area contributed by atoms with E-state index in [0.717, 1.165) is 28.6 Å². The first-order valence-electron chi connectivity index (χ1n) is 6.18. The minimum Gasteiger partial charge on any atom is -0.481 e. The molecular formula is C12H14N4O2S2. The number of hydrogen-bond donors (Lipinski definition) is 1. The van der Waals surface area contributed by atoms with Crippen LogP contribution in [-0.2, 0) is 24.1 Å². The number of carboxylic acid groups (broad SMARTS) is 1. The van der Waals surface area contributed by atoms with Crippen LogP contribution in [-0.4, -0.2) is 31.2 Å². The Labute approximate surface area is 124 Å². The second kappa shape index (κ2) is 6.76. The highest BCUT2D eigenvalue weighted by molar-refractivity contribution is 8.00. The van der Waals surface area contributed by atoms with E-state index in [1.807, 2.05) is 13.8 Å². The zero-order valence-electron chi connectivity index (χ0n) is 11.2. The lowest BCUT2D eigenvalue weighted by Gasteiger charge is -2.03. The van der Waals surface area contributed by atoms with Gasteiger partial charge in [-0.1, -0.05) is 13.8 Å². The molecule has 0 aliphatic carbocycles. The summed E-state index contributed by atoms with van der Waals surface area (Å²) in [4.78, 5) is 19.3. The maximum absolute atomic E-state index is 10.6. The van der Waals surface area contributed by atoms with Gasteiger partial charge in [-0.2, -0.15) is 5.10 Å². The van der Waals surface area contributed by atoms with Gasteiger partial charge in [0, 0.05) is 5.38 Å². The molecule has 20 heavy (non-hydrogen) atoms. The average Bonchev–Trinajstić information content (AvgIpc) is 2.85. The average molecular weight is 310 g/mol. The normalized spacial score (nSPS) is 10.7. The van der Waals surface area contributed by atoms with E-state index in [0.29, 0.717) is 10.9 Å². The Morgan fingerprint density at radius 2 is 2.00 bits per heavy atom. The van der Waals surface area contributed by atoms with Gasteiger partial charge < -0.3 is 5.11 Å². The van der Waals surface area contributed by atoms with Crippen LogP contribution < -0.4 is 0 Å². The number of hydrogen-bond acceptors (Lipinski definition) is 7. The molecule has 0 saturated carbocycles. The predicted octanol–water partition coefficient (Wildman–Crippen LogP) is 2.23. The van der Waals surface area contributed by atoms with Crippen molar-refractivity contribution >= 4 is 29.1 Å². The zero-order chi connectivity index (χ0) is 14.5. The van der Waals surface area contributed by atoms with E-state index in [-0.39, 0.29) is 6.42 Å². The molecule has 0 fully saturated rings. The number of carbonyl (C=O) groups is 1. The summed E-state index contributed by atoms with van der Waals surface area (Å²) in [5.74, 6) is -0.884. The molecule has 0 aromatic carbocycles. The van der Waals surface area contributed by atoms with E-state index in [9.17, 15) is 4.79 Å². The van der Waals surface area contributed by atoms with Gasteiger partial charge in [-0.05, 0) is 24.6 Å². The molecule has 0 bridgehead atoms. The van der Waals surface area contributed by atoms with Crippen LogP contribution in [0.4, 0.5) is 0 Å². The summed E-state index contributed by atoms with van der Waals surface area (Å²) in [6.07, 6.45) is 1.56. The molecule has 0 radical (unpaired) electrons. The summed E-state index contributed by atoms with van der Waals surface area (Å²) < 4.78 is 0.731. The number of nitrogens with zero attached hydrogens (tertiary/aromatic N) is 4. The SMILES string of the molecule is CCc1nnc(Sc2nc(CC(=O)O)cs2)nc1CC. The first kappa shape index (κ1) is 14.9. The Hall–Kier alpha value is -1.54.